The van der Waals surface area contributed by atoms with Crippen LogP contribution in [0.3, 0.4) is 0 Å². The number of hydrogen-bond donors (Lipinski definition) is 1. The second-order valence-electron chi connectivity index (χ2n) is 4.42. The molecule has 0 bridgehead atoms. The first-order valence-electron chi connectivity index (χ1n) is 5.90. The molecule has 0 saturated heterocycles. The number of nitrogen functional groups attached to an aromatic ring is 1. The minimum absolute atomic E-state index is 0.127. The molecule has 0 aliphatic heterocycles. The first-order valence-corrected chi connectivity index (χ1v) is 6.69. The topological polar surface area (TPSA) is 43.8 Å². The number of aromatic nitrogens is 2. The van der Waals surface area contributed by atoms with Gasteiger partial charge in [-0.1, -0.05) is 15.9 Å². The highest BCUT2D eigenvalue weighted by Gasteiger charge is 2.12. The summed E-state index contributed by atoms with van der Waals surface area (Å²) >= 11 is 3.37. The summed E-state index contributed by atoms with van der Waals surface area (Å²) in [7, 11) is 0. The van der Waals surface area contributed by atoms with E-state index in [0.29, 0.717) is 5.52 Å². The predicted octanol–water partition coefficient (Wildman–Crippen LogP) is 3.71. The third kappa shape index (κ3) is 2.27. The molecule has 0 unspecified atom stereocenters. The lowest BCUT2D eigenvalue weighted by Crippen LogP contribution is -2.06. The van der Waals surface area contributed by atoms with Crippen molar-refractivity contribution in [3.05, 3.63) is 58.1 Å². The van der Waals surface area contributed by atoms with Crippen LogP contribution in [-0.2, 0) is 6.54 Å². The molecule has 102 valence electrons. The van der Waals surface area contributed by atoms with Crippen molar-refractivity contribution in [2.45, 2.75) is 6.54 Å². The lowest BCUT2D eigenvalue weighted by atomic mass is 10.2. The highest BCUT2D eigenvalue weighted by Crippen LogP contribution is 2.24. The second-order valence-corrected chi connectivity index (χ2v) is 5.34. The van der Waals surface area contributed by atoms with Gasteiger partial charge in [0.2, 0.25) is 5.95 Å². The van der Waals surface area contributed by atoms with E-state index in [0.717, 1.165) is 22.1 Å². The zero-order valence-electron chi connectivity index (χ0n) is 10.3. The van der Waals surface area contributed by atoms with Crippen LogP contribution in [0.4, 0.5) is 14.7 Å². The molecule has 0 amide bonds. The molecule has 1 heterocycles. The molecule has 3 rings (SSSR count). The molecule has 0 aliphatic carbocycles. The maximum atomic E-state index is 13.7. The maximum Gasteiger partial charge on any atom is 0.201 e. The van der Waals surface area contributed by atoms with Gasteiger partial charge in [-0.05, 0) is 36.4 Å². The number of hydrogen-bond acceptors (Lipinski definition) is 2. The monoisotopic (exact) mass is 337 g/mol. The number of anilines is 1. The Kier molecular flexibility index (Phi) is 3.17. The minimum atomic E-state index is -0.481. The average molecular weight is 338 g/mol. The van der Waals surface area contributed by atoms with Crippen molar-refractivity contribution in [2.24, 2.45) is 0 Å². The van der Waals surface area contributed by atoms with E-state index in [4.69, 9.17) is 5.73 Å². The van der Waals surface area contributed by atoms with Crippen molar-refractivity contribution >= 4 is 32.9 Å². The molecule has 0 fully saturated rings. The van der Waals surface area contributed by atoms with Gasteiger partial charge >= 0.3 is 0 Å². The van der Waals surface area contributed by atoms with Crippen LogP contribution in [0.1, 0.15) is 5.56 Å². The van der Waals surface area contributed by atoms with Gasteiger partial charge < -0.3 is 10.3 Å². The normalized spacial score (nSPS) is 11.2. The Balaban J connectivity index is 2.12. The summed E-state index contributed by atoms with van der Waals surface area (Å²) in [5.41, 5.74) is 7.57. The minimum Gasteiger partial charge on any atom is -0.369 e. The van der Waals surface area contributed by atoms with Crippen LogP contribution in [0.5, 0.6) is 0 Å². The summed E-state index contributed by atoms with van der Waals surface area (Å²) in [5, 5.41) is 0. The van der Waals surface area contributed by atoms with E-state index < -0.39 is 11.6 Å². The number of benzene rings is 2. The predicted molar refractivity (Wildman–Crippen MR) is 77.3 cm³/mol. The molecule has 0 atom stereocenters. The summed E-state index contributed by atoms with van der Waals surface area (Å²) < 4.78 is 29.5. The van der Waals surface area contributed by atoms with E-state index in [9.17, 15) is 8.78 Å². The standard InChI is InChI=1S/C14H10BrF2N3/c15-9-1-4-12-13(6-9)20(14(18)19-12)7-8-5-10(16)2-3-11(8)17/h1-6H,7H2,(H2,18,19). The Hall–Kier alpha value is -1.95. The van der Waals surface area contributed by atoms with E-state index in [1.807, 2.05) is 18.2 Å². The zero-order chi connectivity index (χ0) is 14.3. The number of rotatable bonds is 2. The molecule has 0 aliphatic rings. The third-order valence-electron chi connectivity index (χ3n) is 3.08. The molecule has 1 aromatic heterocycles. The van der Waals surface area contributed by atoms with E-state index in [-0.39, 0.29) is 18.1 Å². The highest BCUT2D eigenvalue weighted by atomic mass is 79.9. The number of imidazole rings is 1. The van der Waals surface area contributed by atoms with E-state index in [2.05, 4.69) is 20.9 Å². The highest BCUT2D eigenvalue weighted by molar-refractivity contribution is 9.10. The van der Waals surface area contributed by atoms with Crippen LogP contribution in [0, 0.1) is 11.6 Å². The lowest BCUT2D eigenvalue weighted by molar-refractivity contribution is 0.579. The average Bonchev–Trinajstić information content (AvgIpc) is 2.70. The summed E-state index contributed by atoms with van der Waals surface area (Å²) in [4.78, 5) is 4.21. The Morgan fingerprint density at radius 2 is 1.95 bits per heavy atom. The summed E-state index contributed by atoms with van der Waals surface area (Å²) in [6.45, 7) is 0.127. The van der Waals surface area contributed by atoms with Crippen LogP contribution < -0.4 is 5.73 Å². The first kappa shape index (κ1) is 13.1. The number of nitrogens with two attached hydrogens (primary N) is 1. The van der Waals surface area contributed by atoms with Gasteiger partial charge in [-0.25, -0.2) is 13.8 Å². The number of fused-ring (bicyclic) bond motifs is 1. The Morgan fingerprint density at radius 1 is 1.15 bits per heavy atom. The summed E-state index contributed by atoms with van der Waals surface area (Å²) in [6, 6.07) is 8.87. The molecule has 3 nitrogen and oxygen atoms in total. The van der Waals surface area contributed by atoms with Gasteiger partial charge in [0.15, 0.2) is 0 Å². The molecule has 0 spiro atoms. The fourth-order valence-electron chi connectivity index (χ4n) is 2.12. The van der Waals surface area contributed by atoms with Crippen molar-refractivity contribution in [3.63, 3.8) is 0 Å². The smallest absolute Gasteiger partial charge is 0.201 e. The van der Waals surface area contributed by atoms with Crippen LogP contribution in [0.2, 0.25) is 0 Å². The molecule has 0 radical (unpaired) electrons. The SMILES string of the molecule is Nc1nc2ccc(Br)cc2n1Cc1cc(F)ccc1F. The van der Waals surface area contributed by atoms with Crippen molar-refractivity contribution in [1.82, 2.24) is 9.55 Å². The quantitative estimate of drug-likeness (QED) is 0.774. The van der Waals surface area contributed by atoms with Crippen molar-refractivity contribution < 1.29 is 8.78 Å². The van der Waals surface area contributed by atoms with Gasteiger partial charge in [-0.15, -0.1) is 0 Å². The fraction of sp³-hybridized carbons (Fsp3) is 0.0714. The maximum absolute atomic E-state index is 13.7. The Bertz CT molecular complexity index is 798. The Labute approximate surface area is 122 Å². The van der Waals surface area contributed by atoms with Crippen molar-refractivity contribution in [2.75, 3.05) is 5.73 Å². The number of halogens is 3. The third-order valence-corrected chi connectivity index (χ3v) is 3.57. The van der Waals surface area contributed by atoms with Gasteiger partial charge in [-0.3, -0.25) is 0 Å². The van der Waals surface area contributed by atoms with Crippen LogP contribution >= 0.6 is 15.9 Å². The van der Waals surface area contributed by atoms with Crippen molar-refractivity contribution in [1.29, 1.82) is 0 Å². The Morgan fingerprint density at radius 3 is 2.75 bits per heavy atom. The molecule has 2 N–H and O–H groups in total. The molecular weight excluding hydrogens is 328 g/mol. The number of nitrogens with zero attached hydrogens (tertiary/aromatic N) is 2. The van der Waals surface area contributed by atoms with E-state index in [1.165, 1.54) is 6.07 Å². The molecular formula is C14H10BrF2N3. The molecule has 6 heteroatoms. The van der Waals surface area contributed by atoms with E-state index >= 15 is 0 Å². The summed E-state index contributed by atoms with van der Waals surface area (Å²) in [6.07, 6.45) is 0. The fourth-order valence-corrected chi connectivity index (χ4v) is 2.46. The largest absolute Gasteiger partial charge is 0.369 e. The molecule has 3 aromatic rings. The van der Waals surface area contributed by atoms with Crippen LogP contribution in [-0.4, -0.2) is 9.55 Å². The van der Waals surface area contributed by atoms with Gasteiger partial charge in [-0.2, -0.15) is 0 Å². The van der Waals surface area contributed by atoms with Crippen LogP contribution in [0.25, 0.3) is 11.0 Å². The molecule has 2 aromatic carbocycles. The van der Waals surface area contributed by atoms with Crippen molar-refractivity contribution in [3.8, 4) is 0 Å². The van der Waals surface area contributed by atoms with Gasteiger partial charge in [0, 0.05) is 10.0 Å². The van der Waals surface area contributed by atoms with Gasteiger partial charge in [0.05, 0.1) is 17.6 Å². The van der Waals surface area contributed by atoms with E-state index in [1.54, 1.807) is 4.57 Å². The lowest BCUT2D eigenvalue weighted by Gasteiger charge is -2.08. The second kappa shape index (κ2) is 4.86. The first-order chi connectivity index (χ1) is 9.54. The van der Waals surface area contributed by atoms with Gasteiger partial charge in [0.25, 0.3) is 0 Å². The van der Waals surface area contributed by atoms with Gasteiger partial charge in [0.1, 0.15) is 11.6 Å². The zero-order valence-corrected chi connectivity index (χ0v) is 11.9. The molecule has 0 saturated carbocycles. The molecule has 20 heavy (non-hydrogen) atoms. The summed E-state index contributed by atoms with van der Waals surface area (Å²) in [5.74, 6) is -0.685. The van der Waals surface area contributed by atoms with Crippen LogP contribution in [0.15, 0.2) is 40.9 Å².